The maximum atomic E-state index is 4.86. The van der Waals surface area contributed by atoms with Gasteiger partial charge in [0.05, 0.1) is 5.69 Å². The molecule has 1 aromatic rings. The molecule has 0 aromatic heterocycles. The topological polar surface area (TPSA) is 12.4 Å². The fourth-order valence-electron chi connectivity index (χ4n) is 2.54. The number of hydrogen-bond donors (Lipinski definition) is 0. The summed E-state index contributed by atoms with van der Waals surface area (Å²) in [4.78, 5) is 4.86. The molecule has 1 aromatic carbocycles. The molecule has 0 bridgehead atoms. The zero-order valence-electron chi connectivity index (χ0n) is 13.0. The lowest BCUT2D eigenvalue weighted by Crippen LogP contribution is -2.00. The van der Waals surface area contributed by atoms with Crippen LogP contribution in [0.25, 0.3) is 0 Å². The minimum absolute atomic E-state index is 0.431. The predicted octanol–water partition coefficient (Wildman–Crippen LogP) is 5.77. The molecule has 0 aliphatic heterocycles. The molecule has 106 valence electrons. The highest BCUT2D eigenvalue weighted by atomic mass is 14.7. The van der Waals surface area contributed by atoms with Gasteiger partial charge in [0.1, 0.15) is 0 Å². The number of aliphatic imine (C=N–C) groups is 1. The molecule has 1 aliphatic rings. The Hall–Kier alpha value is -1.63. The largest absolute Gasteiger partial charge is 0.260 e. The minimum Gasteiger partial charge on any atom is -0.260 e. The first-order valence-electron chi connectivity index (χ1n) is 7.60. The summed E-state index contributed by atoms with van der Waals surface area (Å²) >= 11 is 0. The highest BCUT2D eigenvalue weighted by Crippen LogP contribution is 2.34. The van der Waals surface area contributed by atoms with Crippen LogP contribution in [-0.4, -0.2) is 6.21 Å². The summed E-state index contributed by atoms with van der Waals surface area (Å²) in [6, 6.07) is 6.58. The van der Waals surface area contributed by atoms with E-state index in [2.05, 4.69) is 76.4 Å². The van der Waals surface area contributed by atoms with E-state index in [1.54, 1.807) is 0 Å². The van der Waals surface area contributed by atoms with Crippen LogP contribution >= 0.6 is 0 Å². The monoisotopic (exact) mass is 267 g/mol. The van der Waals surface area contributed by atoms with E-state index in [0.717, 1.165) is 6.42 Å². The summed E-state index contributed by atoms with van der Waals surface area (Å²) in [5, 5.41) is 0. The Morgan fingerprint density at radius 2 is 1.70 bits per heavy atom. The summed E-state index contributed by atoms with van der Waals surface area (Å²) < 4.78 is 0. The maximum Gasteiger partial charge on any atom is 0.0695 e. The Labute approximate surface area is 123 Å². The van der Waals surface area contributed by atoms with Gasteiger partial charge in [-0.3, -0.25) is 4.99 Å². The second-order valence-electron chi connectivity index (χ2n) is 6.09. The van der Waals surface area contributed by atoms with Crippen molar-refractivity contribution in [2.24, 2.45) is 10.9 Å². The quantitative estimate of drug-likeness (QED) is 0.614. The number of para-hydroxylation sites is 1. The van der Waals surface area contributed by atoms with E-state index in [4.69, 9.17) is 4.99 Å². The second-order valence-corrected chi connectivity index (χ2v) is 6.09. The Balaban J connectivity index is 2.35. The number of benzene rings is 1. The molecule has 1 aliphatic carbocycles. The molecule has 0 fully saturated rings. The molecular formula is C19H25N. The molecule has 0 radical (unpaired) electrons. The van der Waals surface area contributed by atoms with E-state index in [9.17, 15) is 0 Å². The van der Waals surface area contributed by atoms with Crippen LogP contribution in [0.15, 0.2) is 47.5 Å². The van der Waals surface area contributed by atoms with Crippen molar-refractivity contribution in [3.05, 3.63) is 53.6 Å². The molecule has 1 unspecified atom stereocenters. The van der Waals surface area contributed by atoms with E-state index in [1.165, 1.54) is 16.8 Å². The molecular weight excluding hydrogens is 242 g/mol. The van der Waals surface area contributed by atoms with Crippen molar-refractivity contribution in [1.82, 2.24) is 0 Å². The van der Waals surface area contributed by atoms with E-state index >= 15 is 0 Å². The van der Waals surface area contributed by atoms with Crippen LogP contribution < -0.4 is 0 Å². The zero-order chi connectivity index (χ0) is 14.5. The standard InChI is InChI=1S/C19H25N/c1-14(2)17-11-8-12-18(15(3)4)19(17)20-13-16-9-6-5-7-10-16/h5-9,11-16H,10H2,1-4H3. The Morgan fingerprint density at radius 3 is 2.20 bits per heavy atom. The number of hydrogen-bond acceptors (Lipinski definition) is 1. The molecule has 0 saturated carbocycles. The molecule has 1 atom stereocenters. The fraction of sp³-hybridized carbons (Fsp3) is 0.421. The third kappa shape index (κ3) is 3.47. The second kappa shape index (κ2) is 6.69. The Morgan fingerprint density at radius 1 is 1.05 bits per heavy atom. The highest BCUT2D eigenvalue weighted by molar-refractivity contribution is 5.71. The minimum atomic E-state index is 0.431. The van der Waals surface area contributed by atoms with Crippen molar-refractivity contribution < 1.29 is 0 Å². The van der Waals surface area contributed by atoms with Gasteiger partial charge in [-0.1, -0.05) is 70.2 Å². The van der Waals surface area contributed by atoms with Crippen LogP contribution in [0, 0.1) is 5.92 Å². The fourth-order valence-corrected chi connectivity index (χ4v) is 2.54. The van der Waals surface area contributed by atoms with Crippen LogP contribution in [0.2, 0.25) is 0 Å². The van der Waals surface area contributed by atoms with E-state index in [0.29, 0.717) is 17.8 Å². The van der Waals surface area contributed by atoms with Crippen molar-refractivity contribution in [2.75, 3.05) is 0 Å². The molecule has 0 heterocycles. The van der Waals surface area contributed by atoms with Crippen LogP contribution in [0.4, 0.5) is 5.69 Å². The van der Waals surface area contributed by atoms with E-state index in [-0.39, 0.29) is 0 Å². The normalized spacial score (nSPS) is 18.6. The smallest absolute Gasteiger partial charge is 0.0695 e. The molecule has 0 N–H and O–H groups in total. The van der Waals surface area contributed by atoms with Crippen molar-refractivity contribution in [3.63, 3.8) is 0 Å². The van der Waals surface area contributed by atoms with E-state index in [1.807, 2.05) is 0 Å². The summed E-state index contributed by atoms with van der Waals surface area (Å²) in [7, 11) is 0. The van der Waals surface area contributed by atoms with Gasteiger partial charge in [-0.05, 0) is 29.4 Å². The molecule has 0 saturated heterocycles. The lowest BCUT2D eigenvalue weighted by atomic mass is 9.93. The Kier molecular flexibility index (Phi) is 4.94. The molecule has 1 heteroatoms. The zero-order valence-corrected chi connectivity index (χ0v) is 13.0. The van der Waals surface area contributed by atoms with Gasteiger partial charge in [0.25, 0.3) is 0 Å². The van der Waals surface area contributed by atoms with Gasteiger partial charge in [-0.2, -0.15) is 0 Å². The van der Waals surface area contributed by atoms with Crippen molar-refractivity contribution in [3.8, 4) is 0 Å². The lowest BCUT2D eigenvalue weighted by molar-refractivity contribution is 0.832. The first-order chi connectivity index (χ1) is 9.59. The van der Waals surface area contributed by atoms with Gasteiger partial charge in [-0.25, -0.2) is 0 Å². The molecule has 2 rings (SSSR count). The maximum absolute atomic E-state index is 4.86. The van der Waals surface area contributed by atoms with Crippen molar-refractivity contribution in [2.45, 2.75) is 46.0 Å². The van der Waals surface area contributed by atoms with Gasteiger partial charge in [0.2, 0.25) is 0 Å². The molecule has 0 amide bonds. The first kappa shape index (κ1) is 14.8. The summed E-state index contributed by atoms with van der Waals surface area (Å²) in [5.41, 5.74) is 3.88. The van der Waals surface area contributed by atoms with Gasteiger partial charge in [-0.15, -0.1) is 0 Å². The molecule has 1 nitrogen and oxygen atoms in total. The van der Waals surface area contributed by atoms with Crippen molar-refractivity contribution in [1.29, 1.82) is 0 Å². The van der Waals surface area contributed by atoms with Gasteiger partial charge >= 0.3 is 0 Å². The van der Waals surface area contributed by atoms with Crippen LogP contribution in [0.5, 0.6) is 0 Å². The Bertz CT molecular complexity index is 506. The van der Waals surface area contributed by atoms with Gasteiger partial charge in [0.15, 0.2) is 0 Å². The van der Waals surface area contributed by atoms with Crippen LogP contribution in [0.1, 0.15) is 57.1 Å². The lowest BCUT2D eigenvalue weighted by Gasteiger charge is -2.17. The summed E-state index contributed by atoms with van der Waals surface area (Å²) in [6.07, 6.45) is 11.8. The van der Waals surface area contributed by atoms with Crippen LogP contribution in [0.3, 0.4) is 0 Å². The average molecular weight is 267 g/mol. The average Bonchev–Trinajstić information content (AvgIpc) is 2.45. The number of rotatable bonds is 4. The SMILES string of the molecule is CC(C)c1cccc(C(C)C)c1N=CC1C=CC=CC1. The predicted molar refractivity (Wildman–Crippen MR) is 89.2 cm³/mol. The highest BCUT2D eigenvalue weighted by Gasteiger charge is 2.13. The number of allylic oxidation sites excluding steroid dienone is 4. The number of nitrogens with zero attached hydrogens (tertiary/aromatic N) is 1. The third-order valence-electron chi connectivity index (χ3n) is 3.75. The summed E-state index contributed by atoms with van der Waals surface area (Å²) in [6.45, 7) is 8.95. The molecule has 0 spiro atoms. The van der Waals surface area contributed by atoms with Crippen molar-refractivity contribution >= 4 is 11.9 Å². The molecule has 20 heavy (non-hydrogen) atoms. The van der Waals surface area contributed by atoms with E-state index < -0.39 is 0 Å². The van der Waals surface area contributed by atoms with Gasteiger partial charge in [0, 0.05) is 12.1 Å². The summed E-state index contributed by atoms with van der Waals surface area (Å²) in [5.74, 6) is 1.44. The third-order valence-corrected chi connectivity index (χ3v) is 3.75. The first-order valence-corrected chi connectivity index (χ1v) is 7.60. The van der Waals surface area contributed by atoms with Gasteiger partial charge < -0.3 is 0 Å². The van der Waals surface area contributed by atoms with Crippen LogP contribution in [-0.2, 0) is 0 Å².